The van der Waals surface area contributed by atoms with Gasteiger partial charge in [-0.15, -0.1) is 0 Å². The van der Waals surface area contributed by atoms with Gasteiger partial charge >= 0.3 is 0 Å². The minimum absolute atomic E-state index is 0.288. The highest BCUT2D eigenvalue weighted by Gasteiger charge is 2.31. The van der Waals surface area contributed by atoms with Gasteiger partial charge in [-0.3, -0.25) is 0 Å². The van der Waals surface area contributed by atoms with Crippen LogP contribution in [0.2, 0.25) is 0 Å². The SMILES string of the molecule is CC1(c2ccccc2)Nc2cccc3cccc(c23)N1. The van der Waals surface area contributed by atoms with Crippen LogP contribution in [-0.2, 0) is 5.66 Å². The van der Waals surface area contributed by atoms with Crippen molar-refractivity contribution in [2.24, 2.45) is 0 Å². The third kappa shape index (κ3) is 1.58. The molecule has 2 nitrogen and oxygen atoms in total. The van der Waals surface area contributed by atoms with E-state index in [-0.39, 0.29) is 5.66 Å². The summed E-state index contributed by atoms with van der Waals surface area (Å²) in [6.07, 6.45) is 0. The second-order valence-electron chi connectivity index (χ2n) is 5.45. The lowest BCUT2D eigenvalue weighted by atomic mass is 9.95. The minimum atomic E-state index is -0.288. The predicted octanol–water partition coefficient (Wildman–Crippen LogP) is 4.55. The standard InChI is InChI=1S/C18H16N2/c1-18(14-9-3-2-4-10-14)19-15-11-5-7-13-8-6-12-16(20-18)17(13)15/h2-12,19-20H,1H3. The fourth-order valence-corrected chi connectivity index (χ4v) is 3.04. The minimum Gasteiger partial charge on any atom is -0.359 e. The van der Waals surface area contributed by atoms with Crippen molar-refractivity contribution >= 4 is 22.1 Å². The van der Waals surface area contributed by atoms with Gasteiger partial charge in [0.05, 0.1) is 0 Å². The first kappa shape index (κ1) is 11.4. The molecule has 3 aromatic carbocycles. The highest BCUT2D eigenvalue weighted by Crippen LogP contribution is 2.40. The van der Waals surface area contributed by atoms with Crippen molar-refractivity contribution in [2.75, 3.05) is 10.6 Å². The quantitative estimate of drug-likeness (QED) is 0.670. The van der Waals surface area contributed by atoms with Crippen LogP contribution in [0.15, 0.2) is 66.7 Å². The molecule has 2 N–H and O–H groups in total. The van der Waals surface area contributed by atoms with Crippen LogP contribution in [0.3, 0.4) is 0 Å². The van der Waals surface area contributed by atoms with Gasteiger partial charge < -0.3 is 10.6 Å². The lowest BCUT2D eigenvalue weighted by Crippen LogP contribution is -2.42. The van der Waals surface area contributed by atoms with Crippen LogP contribution in [0.25, 0.3) is 10.8 Å². The van der Waals surface area contributed by atoms with Gasteiger partial charge in [-0.05, 0) is 30.0 Å². The van der Waals surface area contributed by atoms with Gasteiger partial charge in [0.1, 0.15) is 5.66 Å². The normalized spacial score (nSPS) is 15.4. The summed E-state index contributed by atoms with van der Waals surface area (Å²) in [6, 6.07) is 23.3. The molecule has 0 unspecified atom stereocenters. The van der Waals surface area contributed by atoms with E-state index in [4.69, 9.17) is 0 Å². The van der Waals surface area contributed by atoms with E-state index >= 15 is 0 Å². The van der Waals surface area contributed by atoms with Crippen LogP contribution < -0.4 is 10.6 Å². The Bertz CT molecular complexity index is 737. The molecule has 0 amide bonds. The van der Waals surface area contributed by atoms with Crippen LogP contribution in [0, 0.1) is 0 Å². The fraction of sp³-hybridized carbons (Fsp3) is 0.111. The van der Waals surface area contributed by atoms with E-state index in [1.165, 1.54) is 27.7 Å². The monoisotopic (exact) mass is 260 g/mol. The van der Waals surface area contributed by atoms with Gasteiger partial charge in [0.15, 0.2) is 0 Å². The molecule has 2 heteroatoms. The molecule has 98 valence electrons. The lowest BCUT2D eigenvalue weighted by Gasteiger charge is -2.39. The molecule has 0 spiro atoms. The Kier molecular flexibility index (Phi) is 2.27. The lowest BCUT2D eigenvalue weighted by molar-refractivity contribution is 0.625. The van der Waals surface area contributed by atoms with Crippen molar-refractivity contribution < 1.29 is 0 Å². The van der Waals surface area contributed by atoms with Gasteiger partial charge in [0.25, 0.3) is 0 Å². The number of anilines is 2. The summed E-state index contributed by atoms with van der Waals surface area (Å²) in [5.41, 5.74) is 3.31. The number of hydrogen-bond donors (Lipinski definition) is 2. The third-order valence-electron chi connectivity index (χ3n) is 4.03. The Morgan fingerprint density at radius 3 is 1.90 bits per heavy atom. The molecule has 0 bridgehead atoms. The topological polar surface area (TPSA) is 24.1 Å². The average molecular weight is 260 g/mol. The van der Waals surface area contributed by atoms with E-state index < -0.39 is 0 Å². The Hall–Kier alpha value is -2.48. The number of hydrogen-bond acceptors (Lipinski definition) is 2. The van der Waals surface area contributed by atoms with Crippen LogP contribution >= 0.6 is 0 Å². The van der Waals surface area contributed by atoms with Gasteiger partial charge in [0.2, 0.25) is 0 Å². The van der Waals surface area contributed by atoms with Crippen molar-refractivity contribution in [3.63, 3.8) is 0 Å². The van der Waals surface area contributed by atoms with Crippen LogP contribution in [0.4, 0.5) is 11.4 Å². The molecule has 1 heterocycles. The van der Waals surface area contributed by atoms with E-state index in [1.54, 1.807) is 0 Å². The Balaban J connectivity index is 1.91. The molecule has 0 atom stereocenters. The Morgan fingerprint density at radius 2 is 1.30 bits per heavy atom. The fourth-order valence-electron chi connectivity index (χ4n) is 3.04. The van der Waals surface area contributed by atoms with Crippen LogP contribution in [0.5, 0.6) is 0 Å². The molecular formula is C18H16N2. The maximum Gasteiger partial charge on any atom is 0.131 e. The molecule has 3 aromatic rings. The molecule has 0 saturated heterocycles. The molecule has 0 saturated carbocycles. The van der Waals surface area contributed by atoms with E-state index in [0.29, 0.717) is 0 Å². The maximum atomic E-state index is 3.64. The molecule has 20 heavy (non-hydrogen) atoms. The maximum absolute atomic E-state index is 3.64. The first-order valence-electron chi connectivity index (χ1n) is 6.90. The van der Waals surface area contributed by atoms with Crippen molar-refractivity contribution in [3.05, 3.63) is 72.3 Å². The smallest absolute Gasteiger partial charge is 0.131 e. The predicted molar refractivity (Wildman–Crippen MR) is 85.0 cm³/mol. The zero-order valence-electron chi connectivity index (χ0n) is 11.4. The first-order valence-corrected chi connectivity index (χ1v) is 6.90. The Labute approximate surface area is 118 Å². The van der Waals surface area contributed by atoms with E-state index in [2.05, 4.69) is 78.2 Å². The van der Waals surface area contributed by atoms with Crippen molar-refractivity contribution in [3.8, 4) is 0 Å². The Morgan fingerprint density at radius 1 is 0.700 bits per heavy atom. The number of rotatable bonds is 1. The second-order valence-corrected chi connectivity index (χ2v) is 5.45. The third-order valence-corrected chi connectivity index (χ3v) is 4.03. The highest BCUT2D eigenvalue weighted by atomic mass is 15.2. The number of benzene rings is 3. The molecule has 1 aliphatic rings. The summed E-state index contributed by atoms with van der Waals surface area (Å²) in [5, 5.41) is 9.81. The van der Waals surface area contributed by atoms with E-state index in [9.17, 15) is 0 Å². The second kappa shape index (κ2) is 4.01. The molecule has 0 radical (unpaired) electrons. The summed E-state index contributed by atoms with van der Waals surface area (Å²) < 4.78 is 0. The molecule has 1 aliphatic heterocycles. The first-order chi connectivity index (χ1) is 9.76. The van der Waals surface area contributed by atoms with Crippen molar-refractivity contribution in [2.45, 2.75) is 12.6 Å². The van der Waals surface area contributed by atoms with Gasteiger partial charge in [-0.25, -0.2) is 0 Å². The van der Waals surface area contributed by atoms with Crippen LogP contribution in [-0.4, -0.2) is 0 Å². The summed E-state index contributed by atoms with van der Waals surface area (Å²) in [4.78, 5) is 0. The van der Waals surface area contributed by atoms with E-state index in [0.717, 1.165) is 0 Å². The van der Waals surface area contributed by atoms with Gasteiger partial charge in [-0.1, -0.05) is 54.6 Å². The summed E-state index contributed by atoms with van der Waals surface area (Å²) in [7, 11) is 0. The highest BCUT2D eigenvalue weighted by molar-refractivity contribution is 6.05. The van der Waals surface area contributed by atoms with Gasteiger partial charge in [-0.2, -0.15) is 0 Å². The molecular weight excluding hydrogens is 244 g/mol. The largest absolute Gasteiger partial charge is 0.359 e. The average Bonchev–Trinajstić information content (AvgIpc) is 2.48. The zero-order valence-corrected chi connectivity index (χ0v) is 11.4. The molecule has 0 aliphatic carbocycles. The van der Waals surface area contributed by atoms with E-state index in [1.807, 2.05) is 6.07 Å². The van der Waals surface area contributed by atoms with Crippen molar-refractivity contribution in [1.82, 2.24) is 0 Å². The molecule has 0 fully saturated rings. The molecule has 0 aromatic heterocycles. The summed E-state index contributed by atoms with van der Waals surface area (Å²) in [6.45, 7) is 2.18. The van der Waals surface area contributed by atoms with Crippen molar-refractivity contribution in [1.29, 1.82) is 0 Å². The summed E-state index contributed by atoms with van der Waals surface area (Å²) in [5.74, 6) is 0. The van der Waals surface area contributed by atoms with Gasteiger partial charge in [0, 0.05) is 16.8 Å². The summed E-state index contributed by atoms with van der Waals surface area (Å²) >= 11 is 0. The zero-order chi connectivity index (χ0) is 13.6. The number of nitrogens with one attached hydrogen (secondary N) is 2. The van der Waals surface area contributed by atoms with Crippen LogP contribution in [0.1, 0.15) is 12.5 Å². The molecule has 4 rings (SSSR count).